The average Bonchev–Trinajstić information content (AvgIpc) is 2.69. The van der Waals surface area contributed by atoms with Gasteiger partial charge in [0.15, 0.2) is 0 Å². The summed E-state index contributed by atoms with van der Waals surface area (Å²) in [5.41, 5.74) is 2.44. The van der Waals surface area contributed by atoms with Crippen LogP contribution in [0.4, 0.5) is 0 Å². The van der Waals surface area contributed by atoms with E-state index in [1.807, 2.05) is 12.1 Å². The lowest BCUT2D eigenvalue weighted by Crippen LogP contribution is -1.94. The van der Waals surface area contributed by atoms with Gasteiger partial charge in [-0.05, 0) is 24.6 Å². The molecule has 0 amide bonds. The molecule has 0 atom stereocenters. The Morgan fingerprint density at radius 1 is 1.12 bits per heavy atom. The number of benzene rings is 1. The van der Waals surface area contributed by atoms with E-state index in [2.05, 4.69) is 45.9 Å². The summed E-state index contributed by atoms with van der Waals surface area (Å²) in [5, 5.41) is 1.26. The van der Waals surface area contributed by atoms with Crippen LogP contribution in [0.25, 0.3) is 16.7 Å². The van der Waals surface area contributed by atoms with Gasteiger partial charge in [-0.2, -0.15) is 0 Å². The van der Waals surface area contributed by atoms with Crippen molar-refractivity contribution >= 4 is 10.9 Å². The Morgan fingerprint density at radius 3 is 2.81 bits per heavy atom. The molecule has 0 saturated carbocycles. The molecule has 0 aliphatic heterocycles. The van der Waals surface area contributed by atoms with Crippen molar-refractivity contribution in [3.05, 3.63) is 54.6 Å². The molecule has 0 unspecified atom stereocenters. The van der Waals surface area contributed by atoms with E-state index in [9.17, 15) is 0 Å². The molecule has 1 aromatic carbocycles. The summed E-state index contributed by atoms with van der Waals surface area (Å²) in [6, 6.07) is 10.2. The number of hydrogen-bond acceptors (Lipinski definition) is 2. The molecule has 0 fully saturated rings. The first-order chi connectivity index (χ1) is 7.86. The Labute approximate surface area is 93.4 Å². The van der Waals surface area contributed by atoms with E-state index in [-0.39, 0.29) is 0 Å². The van der Waals surface area contributed by atoms with E-state index in [1.54, 1.807) is 12.5 Å². The molecule has 3 rings (SSSR count). The number of para-hydroxylation sites is 1. The van der Waals surface area contributed by atoms with Crippen molar-refractivity contribution in [1.82, 2.24) is 14.5 Å². The molecule has 16 heavy (non-hydrogen) atoms. The lowest BCUT2D eigenvalue weighted by atomic mass is 10.2. The highest BCUT2D eigenvalue weighted by molar-refractivity contribution is 5.85. The molecule has 78 valence electrons. The summed E-state index contributed by atoms with van der Waals surface area (Å²) >= 11 is 0. The standard InChI is InChI=1S/C13H11N3/c1-10-8-16(13-6-7-14-9-15-13)12-5-3-2-4-11(10)12/h2-9H,1H3. The maximum absolute atomic E-state index is 4.26. The Kier molecular flexibility index (Phi) is 1.96. The van der Waals surface area contributed by atoms with Crippen LogP contribution in [-0.4, -0.2) is 14.5 Å². The van der Waals surface area contributed by atoms with Crippen molar-refractivity contribution in [2.75, 3.05) is 0 Å². The fourth-order valence-electron chi connectivity index (χ4n) is 1.97. The van der Waals surface area contributed by atoms with Gasteiger partial charge in [-0.1, -0.05) is 18.2 Å². The Balaban J connectivity index is 2.33. The predicted molar refractivity (Wildman–Crippen MR) is 63.6 cm³/mol. The van der Waals surface area contributed by atoms with Crippen LogP contribution in [0.3, 0.4) is 0 Å². The van der Waals surface area contributed by atoms with Crippen LogP contribution in [0.5, 0.6) is 0 Å². The van der Waals surface area contributed by atoms with Crippen LogP contribution in [-0.2, 0) is 0 Å². The molecule has 3 heteroatoms. The van der Waals surface area contributed by atoms with Gasteiger partial charge >= 0.3 is 0 Å². The first-order valence-electron chi connectivity index (χ1n) is 5.19. The minimum atomic E-state index is 0.902. The van der Waals surface area contributed by atoms with E-state index in [4.69, 9.17) is 0 Å². The maximum Gasteiger partial charge on any atom is 0.140 e. The summed E-state index contributed by atoms with van der Waals surface area (Å²) in [6.07, 6.45) is 5.43. The SMILES string of the molecule is Cc1cn(-c2ccncn2)c2ccccc12. The van der Waals surface area contributed by atoms with Crippen molar-refractivity contribution in [3.8, 4) is 5.82 Å². The highest BCUT2D eigenvalue weighted by atomic mass is 15.1. The molecule has 0 N–H and O–H groups in total. The zero-order valence-corrected chi connectivity index (χ0v) is 8.96. The van der Waals surface area contributed by atoms with E-state index in [0.29, 0.717) is 0 Å². The maximum atomic E-state index is 4.26. The van der Waals surface area contributed by atoms with E-state index >= 15 is 0 Å². The van der Waals surface area contributed by atoms with Gasteiger partial charge in [0.2, 0.25) is 0 Å². The van der Waals surface area contributed by atoms with Crippen molar-refractivity contribution in [2.45, 2.75) is 6.92 Å². The van der Waals surface area contributed by atoms with Crippen molar-refractivity contribution < 1.29 is 0 Å². The summed E-state index contributed by atoms with van der Waals surface area (Å²) in [6.45, 7) is 2.11. The normalized spacial score (nSPS) is 10.8. The number of nitrogens with zero attached hydrogens (tertiary/aromatic N) is 3. The van der Waals surface area contributed by atoms with Gasteiger partial charge in [0.05, 0.1) is 5.52 Å². The number of aromatic nitrogens is 3. The van der Waals surface area contributed by atoms with Crippen LogP contribution in [0, 0.1) is 6.92 Å². The molecule has 0 radical (unpaired) electrons. The zero-order valence-electron chi connectivity index (χ0n) is 8.96. The molecule has 0 saturated heterocycles. The second-order valence-electron chi connectivity index (χ2n) is 3.77. The molecule has 0 aliphatic rings. The first kappa shape index (κ1) is 9.09. The van der Waals surface area contributed by atoms with Gasteiger partial charge in [-0.15, -0.1) is 0 Å². The Morgan fingerprint density at radius 2 is 2.00 bits per heavy atom. The van der Waals surface area contributed by atoms with Gasteiger partial charge in [0.25, 0.3) is 0 Å². The topological polar surface area (TPSA) is 30.7 Å². The second kappa shape index (κ2) is 3.45. The third kappa shape index (κ3) is 1.29. The van der Waals surface area contributed by atoms with Gasteiger partial charge in [-0.25, -0.2) is 9.97 Å². The summed E-state index contributed by atoms with van der Waals surface area (Å²) in [5.74, 6) is 0.902. The van der Waals surface area contributed by atoms with E-state index in [1.165, 1.54) is 16.5 Å². The van der Waals surface area contributed by atoms with Gasteiger partial charge in [0, 0.05) is 17.8 Å². The Hall–Kier alpha value is -2.16. The molecule has 0 aliphatic carbocycles. The molecule has 0 spiro atoms. The fourth-order valence-corrected chi connectivity index (χ4v) is 1.97. The van der Waals surface area contributed by atoms with Gasteiger partial charge in [0.1, 0.15) is 12.1 Å². The Bertz CT molecular complexity index is 626. The molecule has 0 bridgehead atoms. The molecule has 2 heterocycles. The smallest absolute Gasteiger partial charge is 0.140 e. The van der Waals surface area contributed by atoms with Gasteiger partial charge in [-0.3, -0.25) is 0 Å². The molecular formula is C13H11N3. The lowest BCUT2D eigenvalue weighted by Gasteiger charge is -2.02. The molecule has 3 aromatic rings. The minimum Gasteiger partial charge on any atom is -0.301 e. The summed E-state index contributed by atoms with van der Waals surface area (Å²) in [4.78, 5) is 8.20. The van der Waals surface area contributed by atoms with Crippen LogP contribution in [0.1, 0.15) is 5.56 Å². The number of fused-ring (bicyclic) bond motifs is 1. The minimum absolute atomic E-state index is 0.902. The number of rotatable bonds is 1. The highest BCUT2D eigenvalue weighted by Gasteiger charge is 2.06. The monoisotopic (exact) mass is 209 g/mol. The first-order valence-corrected chi connectivity index (χ1v) is 5.19. The zero-order chi connectivity index (χ0) is 11.0. The highest BCUT2D eigenvalue weighted by Crippen LogP contribution is 2.22. The van der Waals surface area contributed by atoms with Crippen LogP contribution in [0.15, 0.2) is 49.1 Å². The predicted octanol–water partition coefficient (Wildman–Crippen LogP) is 2.73. The summed E-state index contributed by atoms with van der Waals surface area (Å²) < 4.78 is 2.09. The molecular weight excluding hydrogens is 198 g/mol. The lowest BCUT2D eigenvalue weighted by molar-refractivity contribution is 1.01. The van der Waals surface area contributed by atoms with Crippen LogP contribution in [0.2, 0.25) is 0 Å². The number of hydrogen-bond donors (Lipinski definition) is 0. The molecule has 2 aromatic heterocycles. The van der Waals surface area contributed by atoms with E-state index < -0.39 is 0 Å². The summed E-state index contributed by atoms with van der Waals surface area (Å²) in [7, 11) is 0. The average molecular weight is 209 g/mol. The number of aryl methyl sites for hydroxylation is 1. The third-order valence-electron chi connectivity index (χ3n) is 2.72. The third-order valence-corrected chi connectivity index (χ3v) is 2.72. The van der Waals surface area contributed by atoms with Crippen molar-refractivity contribution in [1.29, 1.82) is 0 Å². The quantitative estimate of drug-likeness (QED) is 0.617. The van der Waals surface area contributed by atoms with Crippen LogP contribution < -0.4 is 0 Å². The molecule has 3 nitrogen and oxygen atoms in total. The fraction of sp³-hybridized carbons (Fsp3) is 0.0769. The largest absolute Gasteiger partial charge is 0.301 e. The van der Waals surface area contributed by atoms with Crippen molar-refractivity contribution in [2.24, 2.45) is 0 Å². The van der Waals surface area contributed by atoms with Gasteiger partial charge < -0.3 is 4.57 Å². The van der Waals surface area contributed by atoms with Crippen LogP contribution >= 0.6 is 0 Å². The van der Waals surface area contributed by atoms with E-state index in [0.717, 1.165) is 5.82 Å². The second-order valence-corrected chi connectivity index (χ2v) is 3.77. The van der Waals surface area contributed by atoms with Crippen molar-refractivity contribution in [3.63, 3.8) is 0 Å².